The molecule has 2 amide bonds. The maximum atomic E-state index is 13.2. The average molecular weight is 427 g/mol. The number of hydrogen-bond donors (Lipinski definition) is 1. The summed E-state index contributed by atoms with van der Waals surface area (Å²) < 4.78 is 11.1. The Kier molecular flexibility index (Phi) is 8.91. The summed E-state index contributed by atoms with van der Waals surface area (Å²) in [4.78, 5) is 27.6. The van der Waals surface area contributed by atoms with Gasteiger partial charge in [0.2, 0.25) is 5.91 Å². The van der Waals surface area contributed by atoms with Gasteiger partial charge in [-0.2, -0.15) is 0 Å². The highest BCUT2D eigenvalue weighted by Crippen LogP contribution is 2.19. The van der Waals surface area contributed by atoms with Gasteiger partial charge in [0.05, 0.1) is 7.11 Å². The predicted octanol–water partition coefficient (Wildman–Crippen LogP) is 4.02. The maximum Gasteiger partial charge on any atom is 0.261 e. The van der Waals surface area contributed by atoms with Gasteiger partial charge >= 0.3 is 0 Å². The van der Waals surface area contributed by atoms with Gasteiger partial charge in [-0.25, -0.2) is 0 Å². The number of aryl methyl sites for hydroxylation is 2. The van der Waals surface area contributed by atoms with Crippen LogP contribution >= 0.6 is 0 Å². The van der Waals surface area contributed by atoms with E-state index in [0.717, 1.165) is 16.7 Å². The van der Waals surface area contributed by atoms with Gasteiger partial charge in [0.25, 0.3) is 5.91 Å². The summed E-state index contributed by atoms with van der Waals surface area (Å²) in [5, 5.41) is 2.93. The van der Waals surface area contributed by atoms with E-state index in [9.17, 15) is 9.59 Å². The summed E-state index contributed by atoms with van der Waals surface area (Å²) in [6.45, 7) is 9.89. The van der Waals surface area contributed by atoms with Crippen LogP contribution in [0.25, 0.3) is 0 Å². The third kappa shape index (κ3) is 7.02. The van der Waals surface area contributed by atoms with Gasteiger partial charge in [-0.3, -0.25) is 9.59 Å². The number of amides is 2. The highest BCUT2D eigenvalue weighted by atomic mass is 16.5. The number of nitrogens with one attached hydrogen (secondary N) is 1. The molecule has 0 aliphatic heterocycles. The van der Waals surface area contributed by atoms with E-state index in [1.54, 1.807) is 12.0 Å². The van der Waals surface area contributed by atoms with Gasteiger partial charge in [-0.1, -0.05) is 25.1 Å². The van der Waals surface area contributed by atoms with Crippen LogP contribution in [-0.4, -0.2) is 42.5 Å². The van der Waals surface area contributed by atoms with E-state index < -0.39 is 6.04 Å². The third-order valence-corrected chi connectivity index (χ3v) is 5.14. The Labute approximate surface area is 185 Å². The van der Waals surface area contributed by atoms with E-state index in [4.69, 9.17) is 9.47 Å². The minimum absolute atomic E-state index is 0.0119. The molecule has 0 radical (unpaired) electrons. The largest absolute Gasteiger partial charge is 0.497 e. The van der Waals surface area contributed by atoms with E-state index in [1.807, 2.05) is 77.1 Å². The van der Waals surface area contributed by atoms with Crippen LogP contribution in [0.3, 0.4) is 0 Å². The molecule has 31 heavy (non-hydrogen) atoms. The molecule has 0 saturated heterocycles. The molecule has 6 nitrogen and oxygen atoms in total. The van der Waals surface area contributed by atoms with E-state index in [1.165, 1.54) is 0 Å². The smallest absolute Gasteiger partial charge is 0.261 e. The Morgan fingerprint density at radius 1 is 1.03 bits per heavy atom. The zero-order valence-corrected chi connectivity index (χ0v) is 19.4. The van der Waals surface area contributed by atoms with Gasteiger partial charge in [0.15, 0.2) is 6.61 Å². The first-order valence-electron chi connectivity index (χ1n) is 10.7. The first-order valence-corrected chi connectivity index (χ1v) is 10.7. The number of methoxy groups -OCH3 is 1. The number of ether oxygens (including phenoxy) is 2. The fourth-order valence-corrected chi connectivity index (χ4v) is 3.30. The summed E-state index contributed by atoms with van der Waals surface area (Å²) in [6.07, 6.45) is 0.498. The molecule has 6 heteroatoms. The van der Waals surface area contributed by atoms with Crippen LogP contribution in [0.15, 0.2) is 42.5 Å². The van der Waals surface area contributed by atoms with Gasteiger partial charge in [0, 0.05) is 12.6 Å². The fraction of sp³-hybridized carbons (Fsp3) is 0.440. The first kappa shape index (κ1) is 24.3. The molecular weight excluding hydrogens is 392 g/mol. The summed E-state index contributed by atoms with van der Waals surface area (Å²) in [7, 11) is 1.60. The van der Waals surface area contributed by atoms with Crippen molar-refractivity contribution in [2.24, 2.45) is 0 Å². The van der Waals surface area contributed by atoms with Crippen molar-refractivity contribution >= 4 is 11.8 Å². The number of hydrogen-bond acceptors (Lipinski definition) is 4. The molecule has 1 atom stereocenters. The molecule has 2 rings (SSSR count). The Bertz CT molecular complexity index is 895. The molecule has 0 spiro atoms. The molecule has 0 aromatic heterocycles. The standard InChI is InChI=1S/C25H34N2O4/c1-7-23(25(29)26-17(2)3)27(15-20-9-8-10-21(14-20)30-6)24(28)16-31-22-12-11-18(4)19(5)13-22/h8-14,17,23H,7,15-16H2,1-6H3,(H,26,29)/t23-/m1/s1. The van der Waals surface area contributed by atoms with Crippen LogP contribution in [0.2, 0.25) is 0 Å². The number of carbonyl (C=O) groups excluding carboxylic acids is 2. The quantitative estimate of drug-likeness (QED) is 0.623. The highest BCUT2D eigenvalue weighted by molar-refractivity contribution is 5.88. The molecule has 168 valence electrons. The van der Waals surface area contributed by atoms with Crippen molar-refractivity contribution in [2.75, 3.05) is 13.7 Å². The molecule has 0 unspecified atom stereocenters. The lowest BCUT2D eigenvalue weighted by Crippen LogP contribution is -2.51. The summed E-state index contributed by atoms with van der Waals surface area (Å²) >= 11 is 0. The SMILES string of the molecule is CC[C@H](C(=O)NC(C)C)N(Cc1cccc(OC)c1)C(=O)COc1ccc(C)c(C)c1. The lowest BCUT2D eigenvalue weighted by Gasteiger charge is -2.31. The predicted molar refractivity (Wildman–Crippen MR) is 122 cm³/mol. The van der Waals surface area contributed by atoms with Gasteiger partial charge in [0.1, 0.15) is 17.5 Å². The molecule has 0 saturated carbocycles. The lowest BCUT2D eigenvalue weighted by atomic mass is 10.1. The molecule has 2 aromatic carbocycles. The van der Waals surface area contributed by atoms with Crippen molar-refractivity contribution in [3.8, 4) is 11.5 Å². The minimum Gasteiger partial charge on any atom is -0.497 e. The molecule has 1 N–H and O–H groups in total. The second-order valence-electron chi connectivity index (χ2n) is 8.00. The van der Waals surface area contributed by atoms with Crippen LogP contribution in [0.5, 0.6) is 11.5 Å². The Hall–Kier alpha value is -3.02. The summed E-state index contributed by atoms with van der Waals surface area (Å²) in [5.74, 6) is 0.931. The average Bonchev–Trinajstić information content (AvgIpc) is 2.73. The monoisotopic (exact) mass is 426 g/mol. The van der Waals surface area contributed by atoms with Gasteiger partial charge in [-0.15, -0.1) is 0 Å². The zero-order chi connectivity index (χ0) is 23.0. The Morgan fingerprint density at radius 2 is 1.77 bits per heavy atom. The fourth-order valence-electron chi connectivity index (χ4n) is 3.30. The number of rotatable bonds is 10. The van der Waals surface area contributed by atoms with Crippen LogP contribution in [0.4, 0.5) is 0 Å². The van der Waals surface area contributed by atoms with Crippen molar-refractivity contribution in [2.45, 2.75) is 59.7 Å². The van der Waals surface area contributed by atoms with Crippen LogP contribution in [0.1, 0.15) is 43.9 Å². The van der Waals surface area contributed by atoms with E-state index >= 15 is 0 Å². The van der Waals surface area contributed by atoms with E-state index in [-0.39, 0.29) is 31.0 Å². The second kappa shape index (κ2) is 11.4. The van der Waals surface area contributed by atoms with Gasteiger partial charge < -0.3 is 19.7 Å². The van der Waals surface area contributed by atoms with E-state index in [0.29, 0.717) is 17.9 Å². The highest BCUT2D eigenvalue weighted by Gasteiger charge is 2.29. The van der Waals surface area contributed by atoms with Crippen molar-refractivity contribution in [1.29, 1.82) is 0 Å². The molecule has 2 aromatic rings. The van der Waals surface area contributed by atoms with Gasteiger partial charge in [-0.05, 0) is 75.1 Å². The molecule has 0 heterocycles. The first-order chi connectivity index (χ1) is 14.7. The van der Waals surface area contributed by atoms with Crippen LogP contribution in [-0.2, 0) is 16.1 Å². The van der Waals surface area contributed by atoms with Crippen LogP contribution in [0, 0.1) is 13.8 Å². The van der Waals surface area contributed by atoms with Crippen molar-refractivity contribution in [3.63, 3.8) is 0 Å². The molecular formula is C25H34N2O4. The maximum absolute atomic E-state index is 13.2. The Balaban J connectivity index is 2.24. The molecule has 0 fully saturated rings. The number of nitrogens with zero attached hydrogens (tertiary/aromatic N) is 1. The number of carbonyl (C=O) groups is 2. The Morgan fingerprint density at radius 3 is 2.39 bits per heavy atom. The lowest BCUT2D eigenvalue weighted by molar-refractivity contribution is -0.143. The zero-order valence-electron chi connectivity index (χ0n) is 19.4. The van der Waals surface area contributed by atoms with E-state index in [2.05, 4.69) is 5.32 Å². The number of benzene rings is 2. The second-order valence-corrected chi connectivity index (χ2v) is 8.00. The topological polar surface area (TPSA) is 67.9 Å². The van der Waals surface area contributed by atoms with Crippen molar-refractivity contribution < 1.29 is 19.1 Å². The summed E-state index contributed by atoms with van der Waals surface area (Å²) in [6, 6.07) is 12.6. The third-order valence-electron chi connectivity index (χ3n) is 5.14. The molecule has 0 aliphatic carbocycles. The van der Waals surface area contributed by atoms with Crippen LogP contribution < -0.4 is 14.8 Å². The molecule has 0 aliphatic rings. The normalized spacial score (nSPS) is 11.7. The minimum atomic E-state index is -0.593. The van der Waals surface area contributed by atoms with Crippen molar-refractivity contribution in [1.82, 2.24) is 10.2 Å². The summed E-state index contributed by atoms with van der Waals surface area (Å²) in [5.41, 5.74) is 3.14. The molecule has 0 bridgehead atoms. The van der Waals surface area contributed by atoms with Crippen molar-refractivity contribution in [3.05, 3.63) is 59.2 Å².